The third-order valence-corrected chi connectivity index (χ3v) is 5.63. The van der Waals surface area contributed by atoms with Gasteiger partial charge in [0, 0.05) is 4.55 Å². The average Bonchev–Trinajstić information content (AvgIpc) is 2.02. The SMILES string of the molecule is NNOC1(C2=ICN2)CCCCC1. The van der Waals surface area contributed by atoms with Crippen LogP contribution in [0.1, 0.15) is 32.1 Å². The molecule has 4 nitrogen and oxygen atoms in total. The lowest BCUT2D eigenvalue weighted by Crippen LogP contribution is -2.55. The van der Waals surface area contributed by atoms with Gasteiger partial charge in [-0.1, -0.05) is 40.0 Å². The van der Waals surface area contributed by atoms with Gasteiger partial charge in [-0.2, -0.15) is 0 Å². The predicted molar refractivity (Wildman–Crippen MR) is 61.3 cm³/mol. The van der Waals surface area contributed by atoms with Crippen molar-refractivity contribution in [2.75, 3.05) is 4.55 Å². The lowest BCUT2D eigenvalue weighted by atomic mass is 9.85. The van der Waals surface area contributed by atoms with Crippen LogP contribution >= 0.6 is 20.7 Å². The molecule has 0 aromatic carbocycles. The highest BCUT2D eigenvalue weighted by molar-refractivity contribution is 14.2. The van der Waals surface area contributed by atoms with Crippen LogP contribution in [0.15, 0.2) is 0 Å². The molecule has 1 aliphatic heterocycles. The van der Waals surface area contributed by atoms with Gasteiger partial charge >= 0.3 is 0 Å². The molecule has 4 N–H and O–H groups in total. The first-order chi connectivity index (χ1) is 6.37. The highest BCUT2D eigenvalue weighted by atomic mass is 127. The molecule has 1 fully saturated rings. The van der Waals surface area contributed by atoms with E-state index in [1.165, 1.54) is 27.4 Å². The zero-order valence-electron chi connectivity index (χ0n) is 7.61. The number of alkyl halides is 1. The van der Waals surface area contributed by atoms with Crippen LogP contribution in [0.2, 0.25) is 0 Å². The lowest BCUT2D eigenvalue weighted by molar-refractivity contribution is -0.0820. The first kappa shape index (κ1) is 9.97. The Hall–Kier alpha value is 0.440. The lowest BCUT2D eigenvalue weighted by Gasteiger charge is -2.40. The van der Waals surface area contributed by atoms with Crippen molar-refractivity contribution in [2.45, 2.75) is 37.7 Å². The van der Waals surface area contributed by atoms with Crippen LogP contribution < -0.4 is 16.7 Å². The van der Waals surface area contributed by atoms with Crippen LogP contribution in [0.25, 0.3) is 0 Å². The maximum Gasteiger partial charge on any atom is 0.131 e. The number of hydrogen-bond donors (Lipinski definition) is 3. The first-order valence-corrected chi connectivity index (χ1v) is 7.32. The van der Waals surface area contributed by atoms with Crippen LogP contribution in [0, 0.1) is 0 Å². The number of nitrogens with one attached hydrogen (secondary N) is 2. The fourth-order valence-electron chi connectivity index (χ4n) is 2.02. The Morgan fingerprint density at radius 2 is 2.08 bits per heavy atom. The Morgan fingerprint density at radius 3 is 2.54 bits per heavy atom. The van der Waals surface area contributed by atoms with Gasteiger partial charge in [0.05, 0.1) is 3.63 Å². The molecule has 0 radical (unpaired) electrons. The second-order valence-electron chi connectivity index (χ2n) is 3.53. The smallest absolute Gasteiger partial charge is 0.131 e. The fraction of sp³-hybridized carbons (Fsp3) is 0.875. The van der Waals surface area contributed by atoms with Crippen molar-refractivity contribution in [1.82, 2.24) is 10.9 Å². The van der Waals surface area contributed by atoms with Crippen LogP contribution in [0.3, 0.4) is 0 Å². The summed E-state index contributed by atoms with van der Waals surface area (Å²) in [6.07, 6.45) is 6.10. The molecule has 0 bridgehead atoms. The maximum absolute atomic E-state index is 5.53. The average molecular weight is 297 g/mol. The van der Waals surface area contributed by atoms with Gasteiger partial charge in [-0.3, -0.25) is 10.2 Å². The normalized spacial score (nSPS) is 27.0. The minimum atomic E-state index is -0.0570. The van der Waals surface area contributed by atoms with Crippen molar-refractivity contribution in [3.05, 3.63) is 0 Å². The second kappa shape index (κ2) is 4.31. The van der Waals surface area contributed by atoms with E-state index in [9.17, 15) is 0 Å². The van der Waals surface area contributed by atoms with E-state index in [2.05, 4.69) is 10.9 Å². The summed E-state index contributed by atoms with van der Waals surface area (Å²) in [6, 6.07) is 0. The summed E-state index contributed by atoms with van der Waals surface area (Å²) in [4.78, 5) is 5.53. The molecule has 2 aliphatic rings. The zero-order valence-corrected chi connectivity index (χ0v) is 9.76. The van der Waals surface area contributed by atoms with Crippen molar-refractivity contribution in [3.8, 4) is 0 Å². The Morgan fingerprint density at radius 1 is 1.38 bits per heavy atom. The van der Waals surface area contributed by atoms with Crippen molar-refractivity contribution in [1.29, 1.82) is 0 Å². The van der Waals surface area contributed by atoms with E-state index in [0.29, 0.717) is 0 Å². The molecule has 0 atom stereocenters. The molecule has 13 heavy (non-hydrogen) atoms. The van der Waals surface area contributed by atoms with E-state index < -0.39 is 0 Å². The maximum atomic E-state index is 5.53. The predicted octanol–water partition coefficient (Wildman–Crippen LogP) is 0.745. The van der Waals surface area contributed by atoms with E-state index in [0.717, 1.165) is 12.8 Å². The summed E-state index contributed by atoms with van der Waals surface area (Å²) >= 11 is 0.223. The molecule has 2 rings (SSSR count). The highest BCUT2D eigenvalue weighted by Crippen LogP contribution is 2.35. The summed E-state index contributed by atoms with van der Waals surface area (Å²) in [5.41, 5.74) is 2.33. The van der Waals surface area contributed by atoms with Crippen LogP contribution in [0.4, 0.5) is 0 Å². The highest BCUT2D eigenvalue weighted by Gasteiger charge is 2.39. The van der Waals surface area contributed by atoms with Crippen LogP contribution in [-0.2, 0) is 4.84 Å². The number of hydrazine groups is 1. The number of nitrogens with two attached hydrogens (primary N) is 1. The molecule has 0 unspecified atom stereocenters. The zero-order chi connectivity index (χ0) is 9.15. The van der Waals surface area contributed by atoms with E-state index in [1.54, 1.807) is 0 Å². The third kappa shape index (κ3) is 1.94. The Balaban J connectivity index is 2.08. The van der Waals surface area contributed by atoms with Gasteiger partial charge < -0.3 is 0 Å². The number of rotatable bonds is 3. The number of hydrogen-bond acceptors (Lipinski definition) is 4. The van der Waals surface area contributed by atoms with Crippen LogP contribution in [-0.4, -0.2) is 13.8 Å². The van der Waals surface area contributed by atoms with Gasteiger partial charge in [0.25, 0.3) is 0 Å². The summed E-state index contributed by atoms with van der Waals surface area (Å²) in [5, 5.41) is 3.39. The molecule has 1 aliphatic carbocycles. The van der Waals surface area contributed by atoms with Gasteiger partial charge in [-0.15, -0.1) is 5.59 Å². The van der Waals surface area contributed by atoms with Crippen molar-refractivity contribution in [3.63, 3.8) is 0 Å². The topological polar surface area (TPSA) is 59.3 Å². The van der Waals surface area contributed by atoms with Gasteiger partial charge in [-0.05, 0) is 12.8 Å². The molecule has 76 valence electrons. The summed E-state index contributed by atoms with van der Waals surface area (Å²) in [7, 11) is 0. The van der Waals surface area contributed by atoms with Crippen molar-refractivity contribution in [2.24, 2.45) is 5.84 Å². The monoisotopic (exact) mass is 297 g/mol. The molecule has 0 aromatic heterocycles. The van der Waals surface area contributed by atoms with E-state index >= 15 is 0 Å². The van der Waals surface area contributed by atoms with Gasteiger partial charge in [0.2, 0.25) is 0 Å². The standard InChI is InChI=1S/C8H16IN3O/c10-12-13-8(7-9-6-11-7)4-2-1-3-5-8/h11-12H,1-6,10H2. The quantitative estimate of drug-likeness (QED) is 0.236. The van der Waals surface area contributed by atoms with Gasteiger partial charge in [0.1, 0.15) is 5.60 Å². The minimum absolute atomic E-state index is 0.0570. The van der Waals surface area contributed by atoms with E-state index in [-0.39, 0.29) is 26.3 Å². The molecule has 1 heterocycles. The first-order valence-electron chi connectivity index (χ1n) is 4.71. The Kier molecular flexibility index (Phi) is 3.31. The van der Waals surface area contributed by atoms with Crippen LogP contribution in [0.5, 0.6) is 0 Å². The van der Waals surface area contributed by atoms with Crippen molar-refractivity contribution < 1.29 is 4.84 Å². The summed E-state index contributed by atoms with van der Waals surface area (Å²) < 4.78 is 2.65. The number of halogens is 1. The Labute approximate surface area is 88.3 Å². The molecular formula is C8H16IN3O. The molecule has 0 saturated heterocycles. The largest absolute Gasteiger partial charge is 0.276 e. The van der Waals surface area contributed by atoms with E-state index in [1.807, 2.05) is 0 Å². The van der Waals surface area contributed by atoms with Gasteiger partial charge in [0.15, 0.2) is 0 Å². The van der Waals surface area contributed by atoms with Crippen molar-refractivity contribution >= 4 is 24.4 Å². The second-order valence-corrected chi connectivity index (χ2v) is 6.14. The van der Waals surface area contributed by atoms with E-state index in [4.69, 9.17) is 10.7 Å². The molecular weight excluding hydrogens is 281 g/mol. The Bertz CT molecular complexity index is 208. The third-order valence-electron chi connectivity index (χ3n) is 2.74. The molecule has 0 amide bonds. The van der Waals surface area contributed by atoms with Gasteiger partial charge in [-0.25, -0.2) is 5.84 Å². The fourth-order valence-corrected chi connectivity index (χ4v) is 4.13. The molecule has 1 saturated carbocycles. The molecule has 0 spiro atoms. The summed E-state index contributed by atoms with van der Waals surface area (Å²) in [6.45, 7) is 0. The molecule has 5 heteroatoms. The summed E-state index contributed by atoms with van der Waals surface area (Å²) in [5.74, 6) is 5.26. The molecule has 0 aromatic rings. The minimum Gasteiger partial charge on any atom is -0.276 e.